The van der Waals surface area contributed by atoms with E-state index >= 15 is 28.8 Å². The lowest BCUT2D eigenvalue weighted by atomic mass is 9.86. The van der Waals surface area contributed by atoms with E-state index in [0.29, 0.717) is 13.1 Å². The van der Waals surface area contributed by atoms with E-state index < -0.39 is 234 Å². The Labute approximate surface area is 727 Å². The summed E-state index contributed by atoms with van der Waals surface area (Å²) in [6.07, 6.45) is -13.3. The van der Waals surface area contributed by atoms with E-state index in [1.165, 1.54) is 100 Å². The zero-order valence-electron chi connectivity index (χ0n) is 71.0. The molecule has 38 heteroatoms. The lowest BCUT2D eigenvalue weighted by molar-refractivity contribution is -0.333. The molecule has 1 unspecified atom stereocenters. The number of nitrogens with one attached hydrogen (secondary N) is 7. The number of piperazine rings is 1. The lowest BCUT2D eigenvalue weighted by Gasteiger charge is -2.47. The molecule has 37 nitrogen and oxygen atoms in total. The summed E-state index contributed by atoms with van der Waals surface area (Å²) in [4.78, 5) is 128. The van der Waals surface area contributed by atoms with Crippen LogP contribution < -0.4 is 68.6 Å². The molecule has 22 N–H and O–H groups in total. The number of nitrogens with zero attached hydrogens (tertiary/aromatic N) is 2. The second-order valence-corrected chi connectivity index (χ2v) is 34.8. The van der Waals surface area contributed by atoms with E-state index in [0.717, 1.165) is 75.4 Å². The van der Waals surface area contributed by atoms with Crippen LogP contribution in [0.3, 0.4) is 0 Å². The van der Waals surface area contributed by atoms with Crippen molar-refractivity contribution in [3.63, 3.8) is 0 Å². The maximum atomic E-state index is 16.7. The van der Waals surface area contributed by atoms with E-state index in [2.05, 4.69) is 49.0 Å². The average molecular weight is 1770 g/mol. The number of amides is 8. The number of halogens is 1. The Hall–Kier alpha value is -9.65. The standard InChI is InChI=1S/C87H117ClN12O25/c1-9-10-11-12-13-14-15-16-25-99-26-28-100(29-27-99)84(117)67-51-35-48(102)36-56(104)64(51)50-31-45(19-23-55(50)103)65-80(113)98-69(83(116)96-67)73(123-62-38-86(6,90)76(109)42(4)118-62)44-17-21-49(22-18-44)120-58-33-47-34-59(74(58)125-85-75(72(108)71(107)60(40-101)122-85)124-63-39-87(7,91)77(110)43(5)119-63)121-57-24-20-46(32-52(57)88)70(106)68(97-78(111)53(92-8)30-41(2)3)82(115)93-54(37-61(89)105)79(112)94-66(47)81(114)95-65/h17-24,31-36,41-43,53-54,60,62-63,65-73,75-77,85,92,101-104,106-110H,9-16,25-30,37-40,90-91H2,1-8H3,(H2,89,105)(H,93,115)(H,94,112)(H,95,114)(H,96,116)(H,97,111)(H,98,113)/t42-,43-,53+,54-,60+,62-,63-,65+,66+,67?,68+,69-,70+,71+,72-,73+,75+,76-,77-,85-,86-,87-/m0/s1. The molecule has 11 bridgehead atoms. The molecular weight excluding hydrogens is 1650 g/mol. The summed E-state index contributed by atoms with van der Waals surface area (Å²) in [5.74, 6) is -13.6. The third kappa shape index (κ3) is 22.0. The van der Waals surface area contributed by atoms with Crippen LogP contribution in [-0.4, -0.2) is 252 Å². The molecule has 14 rings (SSSR count). The number of ether oxygens (including phenoxy) is 8. The summed E-state index contributed by atoms with van der Waals surface area (Å²) in [7, 11) is 1.49. The predicted molar refractivity (Wildman–Crippen MR) is 449 cm³/mol. The first-order chi connectivity index (χ1) is 59.3. The number of rotatable bonds is 24. The summed E-state index contributed by atoms with van der Waals surface area (Å²) in [6.45, 7) is 12.9. The maximum Gasteiger partial charge on any atom is 0.249 e. The van der Waals surface area contributed by atoms with Gasteiger partial charge in [-0.3, -0.25) is 43.3 Å². The molecule has 0 aliphatic carbocycles. The number of benzene rings is 5. The molecule has 0 aromatic heterocycles. The fourth-order valence-electron chi connectivity index (χ4n) is 17.1. The van der Waals surface area contributed by atoms with Crippen molar-refractivity contribution in [2.24, 2.45) is 23.1 Å². The molecule has 4 saturated heterocycles. The summed E-state index contributed by atoms with van der Waals surface area (Å²) < 4.78 is 52.6. The van der Waals surface area contributed by atoms with Gasteiger partial charge in [0.2, 0.25) is 59.3 Å². The van der Waals surface area contributed by atoms with Crippen molar-refractivity contribution >= 4 is 58.9 Å². The first-order valence-electron chi connectivity index (χ1n) is 42.5. The second-order valence-electron chi connectivity index (χ2n) is 34.4. The Morgan fingerprint density at radius 1 is 0.648 bits per heavy atom. The molecule has 5 aromatic rings. The summed E-state index contributed by atoms with van der Waals surface area (Å²) in [6, 6.07) is 3.18. The van der Waals surface area contributed by atoms with Crippen LogP contribution in [0, 0.1) is 5.92 Å². The Morgan fingerprint density at radius 3 is 1.86 bits per heavy atom. The van der Waals surface area contributed by atoms with Crippen LogP contribution in [-0.2, 0) is 62.0 Å². The number of carbonyl (C=O) groups excluding carboxylic acids is 8. The van der Waals surface area contributed by atoms with Crippen LogP contribution >= 0.6 is 11.6 Å². The molecule has 125 heavy (non-hydrogen) atoms. The topological polar surface area (TPSA) is 561 Å². The number of likely N-dealkylation sites (N-methyl/N-ethyl adjacent to an activating group) is 1. The first kappa shape index (κ1) is 94.5. The fraction of sp³-hybridized carbons (Fsp3) is 0.563. The van der Waals surface area contributed by atoms with Crippen molar-refractivity contribution in [2.45, 2.75) is 259 Å². The number of aromatic hydroxyl groups is 3. The lowest BCUT2D eigenvalue weighted by Crippen LogP contribution is -2.64. The molecule has 0 saturated carbocycles. The third-order valence-electron chi connectivity index (χ3n) is 24.1. The smallest absolute Gasteiger partial charge is 0.249 e. The Kier molecular flexibility index (Phi) is 30.6. The van der Waals surface area contributed by atoms with E-state index in [-0.39, 0.29) is 88.2 Å². The summed E-state index contributed by atoms with van der Waals surface area (Å²) in [5, 5.41) is 124. The fourth-order valence-corrected chi connectivity index (χ4v) is 17.3. The predicted octanol–water partition coefficient (Wildman–Crippen LogP) is 2.89. The van der Waals surface area contributed by atoms with E-state index in [4.69, 9.17) is 66.7 Å². The molecule has 9 aliphatic heterocycles. The molecule has 682 valence electrons. The number of aliphatic hydroxyl groups is 6. The number of aliphatic hydroxyl groups excluding tert-OH is 6. The number of carbonyl (C=O) groups is 8. The van der Waals surface area contributed by atoms with E-state index in [1.54, 1.807) is 6.92 Å². The molecule has 0 spiro atoms. The molecule has 8 amide bonds. The van der Waals surface area contributed by atoms with Crippen LogP contribution in [0.15, 0.2) is 84.9 Å². The number of primary amides is 1. The van der Waals surface area contributed by atoms with Crippen molar-refractivity contribution < 1.29 is 122 Å². The minimum absolute atomic E-state index is 0.0308. The van der Waals surface area contributed by atoms with E-state index in [1.807, 2.05) is 13.8 Å². The van der Waals surface area contributed by atoms with Gasteiger partial charge in [0.05, 0.1) is 48.5 Å². The molecule has 0 radical (unpaired) electrons. The highest BCUT2D eigenvalue weighted by Gasteiger charge is 2.53. The number of hydrogen-bond donors (Lipinski definition) is 19. The number of hydrogen-bond acceptors (Lipinski definition) is 29. The number of unbranched alkanes of at least 4 members (excludes halogenated alkanes) is 7. The highest BCUT2D eigenvalue weighted by molar-refractivity contribution is 6.32. The van der Waals surface area contributed by atoms with Gasteiger partial charge in [0.15, 0.2) is 30.2 Å². The number of fused-ring (bicyclic) bond motifs is 15. The van der Waals surface area contributed by atoms with Crippen molar-refractivity contribution in [2.75, 3.05) is 46.4 Å². The molecular formula is C87H117ClN12O25. The van der Waals surface area contributed by atoms with Gasteiger partial charge in [0, 0.05) is 67.3 Å². The highest BCUT2D eigenvalue weighted by Crippen LogP contribution is 2.50. The Balaban J connectivity index is 1.07. The maximum absolute atomic E-state index is 16.7. The Bertz CT molecular complexity index is 4710. The van der Waals surface area contributed by atoms with Crippen LogP contribution in [0.4, 0.5) is 0 Å². The van der Waals surface area contributed by atoms with Gasteiger partial charge in [-0.05, 0) is 142 Å². The number of nitrogens with two attached hydrogens (primary N) is 3. The van der Waals surface area contributed by atoms with Gasteiger partial charge in [0.1, 0.15) is 95.5 Å². The van der Waals surface area contributed by atoms with Crippen molar-refractivity contribution in [1.82, 2.24) is 47.0 Å². The monoisotopic (exact) mass is 1760 g/mol. The average Bonchev–Trinajstić information content (AvgIpc) is 0.767. The normalized spacial score (nSPS) is 30.7. The zero-order chi connectivity index (χ0) is 90.4. The molecule has 9 aliphatic rings. The van der Waals surface area contributed by atoms with Gasteiger partial charge < -0.3 is 143 Å². The van der Waals surface area contributed by atoms with Crippen molar-refractivity contribution in [3.05, 3.63) is 118 Å². The van der Waals surface area contributed by atoms with Gasteiger partial charge in [-0.1, -0.05) is 102 Å². The molecule has 22 atom stereocenters. The highest BCUT2D eigenvalue weighted by atomic mass is 35.5. The van der Waals surface area contributed by atoms with Crippen LogP contribution in [0.5, 0.6) is 46.0 Å². The molecule has 9 heterocycles. The van der Waals surface area contributed by atoms with Gasteiger partial charge >= 0.3 is 0 Å². The zero-order valence-corrected chi connectivity index (χ0v) is 71.8. The summed E-state index contributed by atoms with van der Waals surface area (Å²) >= 11 is 7.21. The number of phenolic OH excluding ortho intramolecular Hbond substituents is 3. The quantitative estimate of drug-likeness (QED) is 0.0395. The SMILES string of the molecule is CCCCCCCCCCN1CCN(C(=O)C2NC(=O)[C@H]3NC(=O)[C@H](NC(=O)[C@@H]4NC(=O)[C@H](CC(N)=O)NC(=O)[C@H](NC(=O)[C@@H](CC(C)C)NC)[C@H](O)c5ccc(c(Cl)c5)Oc5cc4cc(c5O[C@@H]4O[C@H](CO)[C@@H](O)[C@H](O)[C@H]4O[C@H]4C[C@](C)(N)[C@@H](O)[C@H](C)O4)Oc4ccc(cc4)[C@H]3O[C@H]3C[C@](C)(N)[C@@H](O)[C@H](C)O3)c3ccc(O)c(c3)-c3c(O)cc(O)cc32)CC1. The second kappa shape index (κ2) is 40.5. The molecule has 4 fully saturated rings. The van der Waals surface area contributed by atoms with Gasteiger partial charge in [-0.15, -0.1) is 0 Å². The van der Waals surface area contributed by atoms with Crippen LogP contribution in [0.1, 0.15) is 184 Å². The van der Waals surface area contributed by atoms with Gasteiger partial charge in [-0.2, -0.15) is 0 Å². The van der Waals surface area contributed by atoms with Gasteiger partial charge in [-0.25, -0.2) is 0 Å². The van der Waals surface area contributed by atoms with Crippen molar-refractivity contribution in [3.8, 4) is 57.1 Å². The van der Waals surface area contributed by atoms with Crippen LogP contribution in [0.25, 0.3) is 11.1 Å². The molecule has 5 aromatic carbocycles. The Morgan fingerprint density at radius 2 is 1.25 bits per heavy atom. The minimum Gasteiger partial charge on any atom is -0.508 e. The minimum atomic E-state index is -2.33. The first-order valence-corrected chi connectivity index (χ1v) is 42.9. The third-order valence-corrected chi connectivity index (χ3v) is 24.4. The summed E-state index contributed by atoms with van der Waals surface area (Å²) in [5.41, 5.74) is 14.7. The van der Waals surface area contributed by atoms with Crippen molar-refractivity contribution in [1.29, 1.82) is 0 Å². The number of phenols is 3. The largest absolute Gasteiger partial charge is 0.508 e. The van der Waals surface area contributed by atoms with E-state index in [9.17, 15) is 55.5 Å². The van der Waals surface area contributed by atoms with Crippen LogP contribution in [0.2, 0.25) is 5.02 Å². The van der Waals surface area contributed by atoms with Gasteiger partial charge in [0.25, 0.3) is 0 Å².